The Morgan fingerprint density at radius 3 is 3.06 bits per heavy atom. The zero-order valence-electron chi connectivity index (χ0n) is 9.95. The molecule has 1 aromatic rings. The average Bonchev–Trinajstić information content (AvgIpc) is 2.31. The SMILES string of the molecule is CCNC1CCOc2c(OCC)cccc21. The Kier molecular flexibility index (Phi) is 3.67. The minimum Gasteiger partial charge on any atom is -0.490 e. The van der Waals surface area contributed by atoms with E-state index in [-0.39, 0.29) is 0 Å². The molecule has 1 aromatic carbocycles. The molecule has 0 aromatic heterocycles. The number of rotatable bonds is 4. The van der Waals surface area contributed by atoms with Crippen LogP contribution in [0, 0.1) is 0 Å². The fraction of sp³-hybridized carbons (Fsp3) is 0.538. The third-order valence-electron chi connectivity index (χ3n) is 2.79. The fourth-order valence-electron chi connectivity index (χ4n) is 2.12. The molecule has 3 nitrogen and oxygen atoms in total. The van der Waals surface area contributed by atoms with Crippen LogP contribution in [0.1, 0.15) is 31.9 Å². The van der Waals surface area contributed by atoms with Gasteiger partial charge in [0.05, 0.1) is 13.2 Å². The molecular weight excluding hydrogens is 202 g/mol. The van der Waals surface area contributed by atoms with Gasteiger partial charge in [-0.05, 0) is 19.5 Å². The van der Waals surface area contributed by atoms with Crippen LogP contribution in [0.2, 0.25) is 0 Å². The van der Waals surface area contributed by atoms with Gasteiger partial charge in [0.1, 0.15) is 0 Å². The summed E-state index contributed by atoms with van der Waals surface area (Å²) in [4.78, 5) is 0. The summed E-state index contributed by atoms with van der Waals surface area (Å²) in [6.07, 6.45) is 1.02. The van der Waals surface area contributed by atoms with Gasteiger partial charge in [-0.3, -0.25) is 0 Å². The molecule has 1 aliphatic rings. The van der Waals surface area contributed by atoms with Gasteiger partial charge in [0.2, 0.25) is 0 Å². The lowest BCUT2D eigenvalue weighted by Crippen LogP contribution is -2.27. The standard InChI is InChI=1S/C13H19NO2/c1-3-14-11-8-9-16-13-10(11)6-5-7-12(13)15-4-2/h5-7,11,14H,3-4,8-9H2,1-2H3. The fourth-order valence-corrected chi connectivity index (χ4v) is 2.12. The first-order valence-electron chi connectivity index (χ1n) is 5.98. The van der Waals surface area contributed by atoms with E-state index in [1.807, 2.05) is 19.1 Å². The highest BCUT2D eigenvalue weighted by Gasteiger charge is 2.23. The van der Waals surface area contributed by atoms with Crippen molar-refractivity contribution in [2.24, 2.45) is 0 Å². The molecule has 0 fully saturated rings. The van der Waals surface area contributed by atoms with Crippen LogP contribution >= 0.6 is 0 Å². The lowest BCUT2D eigenvalue weighted by Gasteiger charge is -2.27. The Morgan fingerprint density at radius 2 is 2.31 bits per heavy atom. The molecule has 3 heteroatoms. The molecule has 0 saturated heterocycles. The largest absolute Gasteiger partial charge is 0.490 e. The van der Waals surface area contributed by atoms with E-state index < -0.39 is 0 Å². The van der Waals surface area contributed by atoms with Gasteiger partial charge < -0.3 is 14.8 Å². The summed E-state index contributed by atoms with van der Waals surface area (Å²) in [7, 11) is 0. The van der Waals surface area contributed by atoms with Gasteiger partial charge in [-0.15, -0.1) is 0 Å². The Labute approximate surface area is 96.8 Å². The summed E-state index contributed by atoms with van der Waals surface area (Å²) in [6, 6.07) is 6.51. The molecule has 1 atom stereocenters. The van der Waals surface area contributed by atoms with Crippen molar-refractivity contribution in [2.45, 2.75) is 26.3 Å². The summed E-state index contributed by atoms with van der Waals surface area (Å²) in [5, 5.41) is 3.47. The maximum atomic E-state index is 5.72. The highest BCUT2D eigenvalue weighted by molar-refractivity contribution is 5.49. The van der Waals surface area contributed by atoms with Crippen molar-refractivity contribution >= 4 is 0 Å². The van der Waals surface area contributed by atoms with Gasteiger partial charge in [-0.2, -0.15) is 0 Å². The van der Waals surface area contributed by atoms with E-state index in [9.17, 15) is 0 Å². The van der Waals surface area contributed by atoms with Crippen LogP contribution in [0.15, 0.2) is 18.2 Å². The van der Waals surface area contributed by atoms with Crippen LogP contribution < -0.4 is 14.8 Å². The Bertz CT molecular complexity index is 352. The number of fused-ring (bicyclic) bond motifs is 1. The summed E-state index contributed by atoms with van der Waals surface area (Å²) in [6.45, 7) is 6.52. The quantitative estimate of drug-likeness (QED) is 0.847. The summed E-state index contributed by atoms with van der Waals surface area (Å²) in [5.41, 5.74) is 1.22. The van der Waals surface area contributed by atoms with Crippen molar-refractivity contribution in [1.82, 2.24) is 5.32 Å². The molecule has 0 spiro atoms. The normalized spacial score (nSPS) is 18.8. The second kappa shape index (κ2) is 5.21. The van der Waals surface area contributed by atoms with E-state index >= 15 is 0 Å². The second-order valence-electron chi connectivity index (χ2n) is 3.85. The number of hydrogen-bond donors (Lipinski definition) is 1. The highest BCUT2D eigenvalue weighted by atomic mass is 16.5. The van der Waals surface area contributed by atoms with Gasteiger partial charge in [0, 0.05) is 18.0 Å². The predicted molar refractivity (Wildman–Crippen MR) is 64.1 cm³/mol. The molecule has 1 unspecified atom stereocenters. The molecule has 0 bridgehead atoms. The molecule has 0 saturated carbocycles. The van der Waals surface area contributed by atoms with Gasteiger partial charge in [-0.1, -0.05) is 19.1 Å². The molecule has 16 heavy (non-hydrogen) atoms. The van der Waals surface area contributed by atoms with E-state index in [2.05, 4.69) is 18.3 Å². The van der Waals surface area contributed by atoms with Crippen molar-refractivity contribution in [3.8, 4) is 11.5 Å². The van der Waals surface area contributed by atoms with Crippen molar-refractivity contribution in [3.63, 3.8) is 0 Å². The van der Waals surface area contributed by atoms with E-state index in [0.29, 0.717) is 12.6 Å². The number of nitrogens with one attached hydrogen (secondary N) is 1. The predicted octanol–water partition coefficient (Wildman–Crippen LogP) is 2.52. The van der Waals surface area contributed by atoms with Crippen LogP contribution in [0.25, 0.3) is 0 Å². The Hall–Kier alpha value is -1.22. The van der Waals surface area contributed by atoms with E-state index in [0.717, 1.165) is 31.1 Å². The van der Waals surface area contributed by atoms with Gasteiger partial charge in [-0.25, -0.2) is 0 Å². The topological polar surface area (TPSA) is 30.5 Å². The second-order valence-corrected chi connectivity index (χ2v) is 3.85. The van der Waals surface area contributed by atoms with Crippen LogP contribution in [0.4, 0.5) is 0 Å². The number of para-hydroxylation sites is 1. The van der Waals surface area contributed by atoms with Crippen LogP contribution in [0.5, 0.6) is 11.5 Å². The van der Waals surface area contributed by atoms with Gasteiger partial charge in [0.15, 0.2) is 11.5 Å². The molecule has 0 amide bonds. The monoisotopic (exact) mass is 221 g/mol. The third kappa shape index (κ3) is 2.14. The van der Waals surface area contributed by atoms with Crippen molar-refractivity contribution in [1.29, 1.82) is 0 Å². The zero-order chi connectivity index (χ0) is 11.4. The maximum Gasteiger partial charge on any atom is 0.165 e. The van der Waals surface area contributed by atoms with E-state index in [1.165, 1.54) is 5.56 Å². The van der Waals surface area contributed by atoms with Gasteiger partial charge >= 0.3 is 0 Å². The Balaban J connectivity index is 2.30. The number of benzene rings is 1. The maximum absolute atomic E-state index is 5.72. The van der Waals surface area contributed by atoms with Crippen molar-refractivity contribution in [3.05, 3.63) is 23.8 Å². The average molecular weight is 221 g/mol. The first-order chi connectivity index (χ1) is 7.86. The molecule has 88 valence electrons. The summed E-state index contributed by atoms with van der Waals surface area (Å²) in [5.74, 6) is 1.78. The lowest BCUT2D eigenvalue weighted by molar-refractivity contribution is 0.233. The molecule has 0 radical (unpaired) electrons. The first-order valence-corrected chi connectivity index (χ1v) is 5.98. The number of ether oxygens (including phenoxy) is 2. The molecule has 1 aliphatic heterocycles. The summed E-state index contributed by atoms with van der Waals surface area (Å²) < 4.78 is 11.3. The van der Waals surface area contributed by atoms with Crippen LogP contribution in [-0.2, 0) is 0 Å². The summed E-state index contributed by atoms with van der Waals surface area (Å²) >= 11 is 0. The molecule has 1 N–H and O–H groups in total. The van der Waals surface area contributed by atoms with Crippen molar-refractivity contribution in [2.75, 3.05) is 19.8 Å². The smallest absolute Gasteiger partial charge is 0.165 e. The first kappa shape index (κ1) is 11.3. The zero-order valence-corrected chi connectivity index (χ0v) is 9.95. The molecule has 2 rings (SSSR count). The third-order valence-corrected chi connectivity index (χ3v) is 2.79. The molecular formula is C13H19NO2. The van der Waals surface area contributed by atoms with E-state index in [4.69, 9.17) is 9.47 Å². The molecule has 1 heterocycles. The van der Waals surface area contributed by atoms with Gasteiger partial charge in [0.25, 0.3) is 0 Å². The highest BCUT2D eigenvalue weighted by Crippen LogP contribution is 2.39. The lowest BCUT2D eigenvalue weighted by atomic mass is 10.00. The minimum absolute atomic E-state index is 0.397. The van der Waals surface area contributed by atoms with Crippen LogP contribution in [-0.4, -0.2) is 19.8 Å². The minimum atomic E-state index is 0.397. The number of hydrogen-bond acceptors (Lipinski definition) is 3. The molecule has 0 aliphatic carbocycles. The van der Waals surface area contributed by atoms with E-state index in [1.54, 1.807) is 0 Å². The van der Waals surface area contributed by atoms with Crippen LogP contribution in [0.3, 0.4) is 0 Å². The Morgan fingerprint density at radius 1 is 1.44 bits per heavy atom. The van der Waals surface area contributed by atoms with Crippen molar-refractivity contribution < 1.29 is 9.47 Å².